The van der Waals surface area contributed by atoms with E-state index in [2.05, 4.69) is 22.4 Å². The third kappa shape index (κ3) is 4.26. The summed E-state index contributed by atoms with van der Waals surface area (Å²) in [6.07, 6.45) is 3.41. The topological polar surface area (TPSA) is 99.0 Å². The highest BCUT2D eigenvalue weighted by Crippen LogP contribution is 2.22. The van der Waals surface area contributed by atoms with Gasteiger partial charge in [-0.25, -0.2) is 4.68 Å². The van der Waals surface area contributed by atoms with Crippen molar-refractivity contribution in [2.24, 2.45) is 0 Å². The Balaban J connectivity index is 1.60. The minimum absolute atomic E-state index is 0.00345. The second kappa shape index (κ2) is 8.57. The van der Waals surface area contributed by atoms with E-state index in [0.29, 0.717) is 16.7 Å². The number of rotatable bonds is 8. The molecule has 0 radical (unpaired) electrons. The van der Waals surface area contributed by atoms with Crippen LogP contribution < -0.4 is 11.2 Å². The van der Waals surface area contributed by atoms with Crippen LogP contribution in [0.4, 0.5) is 0 Å². The van der Waals surface area contributed by atoms with Crippen LogP contribution in [0.15, 0.2) is 58.3 Å². The van der Waals surface area contributed by atoms with Crippen molar-refractivity contribution in [3.8, 4) is 11.6 Å². The molecule has 26 heavy (non-hydrogen) atoms. The maximum Gasteiger partial charge on any atom is 0.230 e. The molecule has 1 amide bonds. The van der Waals surface area contributed by atoms with E-state index in [0.717, 1.165) is 18.4 Å². The molecule has 2 aromatic heterocycles. The van der Waals surface area contributed by atoms with Crippen molar-refractivity contribution in [1.29, 1.82) is 0 Å². The van der Waals surface area contributed by atoms with Gasteiger partial charge in [0.15, 0.2) is 5.76 Å². The SMILES string of the molecule is CCCC(NC(=O)CSc1nnc(-c2ccco2)n1N)c1ccccc1. The lowest BCUT2D eigenvalue weighted by Gasteiger charge is -2.18. The molecule has 7 nitrogen and oxygen atoms in total. The molecule has 2 heterocycles. The van der Waals surface area contributed by atoms with Crippen LogP contribution in [0, 0.1) is 0 Å². The van der Waals surface area contributed by atoms with Gasteiger partial charge in [-0.3, -0.25) is 4.79 Å². The summed E-state index contributed by atoms with van der Waals surface area (Å²) in [6, 6.07) is 13.5. The molecule has 1 unspecified atom stereocenters. The molecule has 136 valence electrons. The zero-order valence-electron chi connectivity index (χ0n) is 14.5. The van der Waals surface area contributed by atoms with Crippen molar-refractivity contribution < 1.29 is 9.21 Å². The van der Waals surface area contributed by atoms with Crippen molar-refractivity contribution >= 4 is 17.7 Å². The average Bonchev–Trinajstić information content (AvgIpc) is 3.30. The Morgan fingerprint density at radius 2 is 2.08 bits per heavy atom. The highest BCUT2D eigenvalue weighted by Gasteiger charge is 2.17. The van der Waals surface area contributed by atoms with E-state index in [1.807, 2.05) is 30.3 Å². The van der Waals surface area contributed by atoms with Crippen molar-refractivity contribution in [2.75, 3.05) is 11.6 Å². The van der Waals surface area contributed by atoms with E-state index >= 15 is 0 Å². The van der Waals surface area contributed by atoms with Gasteiger partial charge in [-0.15, -0.1) is 10.2 Å². The van der Waals surface area contributed by atoms with Crippen LogP contribution in [0.2, 0.25) is 0 Å². The lowest BCUT2D eigenvalue weighted by molar-refractivity contribution is -0.119. The largest absolute Gasteiger partial charge is 0.461 e. The molecule has 3 aromatic rings. The predicted octanol–water partition coefficient (Wildman–Crippen LogP) is 3.00. The summed E-state index contributed by atoms with van der Waals surface area (Å²) < 4.78 is 6.61. The minimum atomic E-state index is -0.0696. The summed E-state index contributed by atoms with van der Waals surface area (Å²) in [7, 11) is 0. The first kappa shape index (κ1) is 18.1. The first-order valence-corrected chi connectivity index (χ1v) is 9.39. The Morgan fingerprint density at radius 1 is 1.27 bits per heavy atom. The Morgan fingerprint density at radius 3 is 2.77 bits per heavy atom. The number of nitrogens with two attached hydrogens (primary N) is 1. The van der Waals surface area contributed by atoms with Crippen LogP contribution in [0.3, 0.4) is 0 Å². The molecule has 1 aromatic carbocycles. The first-order valence-electron chi connectivity index (χ1n) is 8.40. The fourth-order valence-corrected chi connectivity index (χ4v) is 3.28. The molecule has 3 N–H and O–H groups in total. The summed E-state index contributed by atoms with van der Waals surface area (Å²) in [6.45, 7) is 2.10. The summed E-state index contributed by atoms with van der Waals surface area (Å²) >= 11 is 1.24. The number of carbonyl (C=O) groups is 1. The lowest BCUT2D eigenvalue weighted by atomic mass is 10.0. The van der Waals surface area contributed by atoms with Crippen molar-refractivity contribution in [3.63, 3.8) is 0 Å². The predicted molar refractivity (Wildman–Crippen MR) is 101 cm³/mol. The van der Waals surface area contributed by atoms with Gasteiger partial charge in [0.05, 0.1) is 18.1 Å². The molecule has 0 saturated carbocycles. The molecule has 0 aliphatic carbocycles. The van der Waals surface area contributed by atoms with Crippen molar-refractivity contribution in [1.82, 2.24) is 20.2 Å². The fraction of sp³-hybridized carbons (Fsp3) is 0.278. The molecule has 0 saturated heterocycles. The van der Waals surface area contributed by atoms with Gasteiger partial charge in [-0.1, -0.05) is 55.4 Å². The molecular formula is C18H21N5O2S. The summed E-state index contributed by atoms with van der Waals surface area (Å²) in [5.74, 6) is 7.09. The number of nitrogen functional groups attached to an aromatic ring is 1. The first-order chi connectivity index (χ1) is 12.7. The maximum absolute atomic E-state index is 12.4. The van der Waals surface area contributed by atoms with E-state index in [1.165, 1.54) is 16.4 Å². The summed E-state index contributed by atoms with van der Waals surface area (Å²) in [4.78, 5) is 12.4. The molecular weight excluding hydrogens is 350 g/mol. The number of amides is 1. The fourth-order valence-electron chi connectivity index (χ4n) is 2.61. The van der Waals surface area contributed by atoms with Crippen LogP contribution >= 0.6 is 11.8 Å². The second-order valence-corrected chi connectivity index (χ2v) is 6.70. The number of hydrogen-bond donors (Lipinski definition) is 2. The van der Waals surface area contributed by atoms with Gasteiger partial charge in [-0.05, 0) is 24.1 Å². The van der Waals surface area contributed by atoms with Gasteiger partial charge in [0, 0.05) is 0 Å². The monoisotopic (exact) mass is 371 g/mol. The number of nitrogens with one attached hydrogen (secondary N) is 1. The zero-order valence-corrected chi connectivity index (χ0v) is 15.3. The number of aromatic nitrogens is 3. The second-order valence-electron chi connectivity index (χ2n) is 5.76. The Kier molecular flexibility index (Phi) is 5.96. The van der Waals surface area contributed by atoms with Gasteiger partial charge in [0.2, 0.25) is 16.9 Å². The van der Waals surface area contributed by atoms with Crippen LogP contribution in [-0.2, 0) is 4.79 Å². The number of nitrogens with zero attached hydrogens (tertiary/aromatic N) is 3. The lowest BCUT2D eigenvalue weighted by Crippen LogP contribution is -2.30. The highest BCUT2D eigenvalue weighted by atomic mass is 32.2. The van der Waals surface area contributed by atoms with Crippen LogP contribution in [0.25, 0.3) is 11.6 Å². The van der Waals surface area contributed by atoms with Crippen molar-refractivity contribution in [3.05, 3.63) is 54.3 Å². The number of hydrogen-bond acceptors (Lipinski definition) is 6. The summed E-state index contributed by atoms with van der Waals surface area (Å²) in [5.41, 5.74) is 1.11. The zero-order chi connectivity index (χ0) is 18.4. The van der Waals surface area contributed by atoms with Crippen LogP contribution in [0.5, 0.6) is 0 Å². The number of benzene rings is 1. The molecule has 0 fully saturated rings. The minimum Gasteiger partial charge on any atom is -0.461 e. The molecule has 0 bridgehead atoms. The Bertz CT molecular complexity index is 833. The van der Waals surface area contributed by atoms with Gasteiger partial charge >= 0.3 is 0 Å². The number of carbonyl (C=O) groups excluding carboxylic acids is 1. The third-order valence-electron chi connectivity index (χ3n) is 3.85. The third-order valence-corrected chi connectivity index (χ3v) is 4.80. The Hall–Kier alpha value is -2.74. The highest BCUT2D eigenvalue weighted by molar-refractivity contribution is 7.99. The Labute approximate surface area is 156 Å². The molecule has 1 atom stereocenters. The van der Waals surface area contributed by atoms with Crippen molar-refractivity contribution in [2.45, 2.75) is 31.0 Å². The molecule has 0 aliphatic heterocycles. The van der Waals surface area contributed by atoms with E-state index in [1.54, 1.807) is 18.4 Å². The van der Waals surface area contributed by atoms with E-state index < -0.39 is 0 Å². The van der Waals surface area contributed by atoms with Crippen LogP contribution in [0.1, 0.15) is 31.4 Å². The van der Waals surface area contributed by atoms with E-state index in [-0.39, 0.29) is 17.7 Å². The summed E-state index contributed by atoms with van der Waals surface area (Å²) in [5, 5.41) is 11.6. The number of furan rings is 1. The standard InChI is InChI=1S/C18H21N5O2S/c1-2-7-14(13-8-4-3-5-9-13)20-16(24)12-26-18-22-21-17(23(18)19)15-10-6-11-25-15/h3-6,8-11,14H,2,7,12,19H2,1H3,(H,20,24). The average molecular weight is 371 g/mol. The van der Waals surface area contributed by atoms with Gasteiger partial charge < -0.3 is 15.6 Å². The quantitative estimate of drug-likeness (QED) is 0.466. The number of thioether (sulfide) groups is 1. The molecule has 0 aliphatic rings. The van der Waals surface area contributed by atoms with Gasteiger partial charge in [0.1, 0.15) is 0 Å². The van der Waals surface area contributed by atoms with Gasteiger partial charge in [0.25, 0.3) is 0 Å². The molecule has 8 heteroatoms. The smallest absolute Gasteiger partial charge is 0.230 e. The van der Waals surface area contributed by atoms with E-state index in [4.69, 9.17) is 10.3 Å². The van der Waals surface area contributed by atoms with E-state index in [9.17, 15) is 4.79 Å². The normalized spacial score (nSPS) is 12.0. The molecule has 0 spiro atoms. The van der Waals surface area contributed by atoms with Crippen LogP contribution in [-0.4, -0.2) is 26.5 Å². The van der Waals surface area contributed by atoms with Gasteiger partial charge in [-0.2, -0.15) is 0 Å². The maximum atomic E-state index is 12.4. The molecule has 3 rings (SSSR count).